The quantitative estimate of drug-likeness (QED) is 0.606. The molecule has 1 aliphatic heterocycles. The van der Waals surface area contributed by atoms with Crippen LogP contribution in [0, 0.1) is 17.8 Å². The zero-order valence-electron chi connectivity index (χ0n) is 20.0. The van der Waals surface area contributed by atoms with Crippen LogP contribution in [-0.2, 0) is 28.5 Å². The summed E-state index contributed by atoms with van der Waals surface area (Å²) < 4.78 is 7.41. The monoisotopic (exact) mass is 481 g/mol. The lowest BCUT2D eigenvalue weighted by Gasteiger charge is -2.57. The van der Waals surface area contributed by atoms with Gasteiger partial charge in [-0.1, -0.05) is 23.9 Å². The van der Waals surface area contributed by atoms with Gasteiger partial charge < -0.3 is 14.6 Å². The highest BCUT2D eigenvalue weighted by Crippen LogP contribution is 2.60. The van der Waals surface area contributed by atoms with Crippen LogP contribution in [0.5, 0.6) is 0 Å². The number of rotatable bonds is 7. The van der Waals surface area contributed by atoms with Gasteiger partial charge in [0.15, 0.2) is 5.16 Å². The van der Waals surface area contributed by atoms with Crippen LogP contribution in [0.15, 0.2) is 29.4 Å². The number of aromatic nitrogens is 3. The van der Waals surface area contributed by atoms with Gasteiger partial charge in [-0.2, -0.15) is 0 Å². The van der Waals surface area contributed by atoms with Crippen molar-refractivity contribution in [2.75, 3.05) is 37.4 Å². The summed E-state index contributed by atoms with van der Waals surface area (Å²) in [5.74, 6) is 4.06. The second-order valence-corrected chi connectivity index (χ2v) is 11.9. The molecule has 7 nitrogen and oxygen atoms in total. The fraction of sp³-hybridized carbons (Fsp3) is 0.654. The number of hydrogen-bond acceptors (Lipinski definition) is 6. The molecule has 0 unspecified atom stereocenters. The molecular formula is C26H35N5O2S. The Morgan fingerprint density at radius 3 is 2.35 bits per heavy atom. The van der Waals surface area contributed by atoms with Gasteiger partial charge in [0.2, 0.25) is 5.91 Å². The van der Waals surface area contributed by atoms with Gasteiger partial charge >= 0.3 is 0 Å². The second kappa shape index (κ2) is 9.28. The number of morpholine rings is 1. The predicted molar refractivity (Wildman–Crippen MR) is 133 cm³/mol. The maximum Gasteiger partial charge on any atom is 0.234 e. The number of ether oxygens (including phenoxy) is 1. The summed E-state index contributed by atoms with van der Waals surface area (Å²) in [6, 6.07) is 8.74. The first-order valence-corrected chi connectivity index (χ1v) is 13.8. The van der Waals surface area contributed by atoms with Crippen molar-refractivity contribution in [3.63, 3.8) is 0 Å². The van der Waals surface area contributed by atoms with Crippen molar-refractivity contribution in [3.8, 4) is 0 Å². The van der Waals surface area contributed by atoms with Crippen molar-refractivity contribution in [1.82, 2.24) is 19.7 Å². The zero-order chi connectivity index (χ0) is 23.1. The Kier molecular flexibility index (Phi) is 6.16. The van der Waals surface area contributed by atoms with Gasteiger partial charge in [-0.05, 0) is 79.4 Å². The third-order valence-corrected chi connectivity index (χ3v) is 9.57. The number of thioether (sulfide) groups is 1. The van der Waals surface area contributed by atoms with Crippen LogP contribution < -0.4 is 5.32 Å². The van der Waals surface area contributed by atoms with Crippen molar-refractivity contribution >= 4 is 23.4 Å². The van der Waals surface area contributed by atoms with E-state index in [0.717, 1.165) is 67.3 Å². The Balaban J connectivity index is 1.03. The number of carbonyl (C=O) groups excluding carboxylic acids is 1. The third kappa shape index (κ3) is 4.52. The van der Waals surface area contributed by atoms with Crippen LogP contribution in [0.2, 0.25) is 0 Å². The first-order chi connectivity index (χ1) is 16.6. The van der Waals surface area contributed by atoms with Gasteiger partial charge in [-0.25, -0.2) is 0 Å². The van der Waals surface area contributed by atoms with E-state index >= 15 is 0 Å². The summed E-state index contributed by atoms with van der Waals surface area (Å²) in [6.07, 6.45) is 8.49. The van der Waals surface area contributed by atoms with E-state index in [1.165, 1.54) is 55.9 Å². The number of benzene rings is 1. The first-order valence-electron chi connectivity index (χ1n) is 12.8. The number of nitrogens with one attached hydrogen (secondary N) is 1. The molecule has 2 aromatic rings. The maximum atomic E-state index is 12.6. The lowest BCUT2D eigenvalue weighted by molar-refractivity contribution is -0.113. The zero-order valence-corrected chi connectivity index (χ0v) is 20.9. The number of carbonyl (C=O) groups is 1. The Bertz CT molecular complexity index is 995. The summed E-state index contributed by atoms with van der Waals surface area (Å²) in [5, 5.41) is 12.5. The highest BCUT2D eigenvalue weighted by molar-refractivity contribution is 7.99. The van der Waals surface area contributed by atoms with Gasteiger partial charge in [0.25, 0.3) is 0 Å². The summed E-state index contributed by atoms with van der Waals surface area (Å²) >= 11 is 1.43. The molecule has 5 fully saturated rings. The van der Waals surface area contributed by atoms with E-state index in [1.807, 2.05) is 11.6 Å². The highest BCUT2D eigenvalue weighted by Gasteiger charge is 2.51. The lowest BCUT2D eigenvalue weighted by atomic mass is 9.48. The third-order valence-electron chi connectivity index (χ3n) is 8.55. The molecule has 1 N–H and O–H groups in total. The fourth-order valence-corrected chi connectivity index (χ4v) is 8.00. The summed E-state index contributed by atoms with van der Waals surface area (Å²) in [6.45, 7) is 4.13. The molecule has 4 aliphatic carbocycles. The van der Waals surface area contributed by atoms with Gasteiger partial charge in [-0.3, -0.25) is 9.69 Å². The molecule has 7 rings (SSSR count). The van der Waals surface area contributed by atoms with Crippen LogP contribution in [0.25, 0.3) is 0 Å². The average molecular weight is 482 g/mol. The predicted octanol–water partition coefficient (Wildman–Crippen LogP) is 3.85. The van der Waals surface area contributed by atoms with E-state index in [-0.39, 0.29) is 5.91 Å². The van der Waals surface area contributed by atoms with E-state index in [4.69, 9.17) is 4.74 Å². The minimum Gasteiger partial charge on any atom is -0.379 e. The van der Waals surface area contributed by atoms with Crippen LogP contribution in [-0.4, -0.2) is 57.6 Å². The Morgan fingerprint density at radius 2 is 1.71 bits per heavy atom. The molecule has 8 heteroatoms. The van der Waals surface area contributed by atoms with Crippen LogP contribution in [0.1, 0.15) is 49.9 Å². The molecule has 2 heterocycles. The molecule has 1 amide bonds. The van der Waals surface area contributed by atoms with Gasteiger partial charge in [0.05, 0.1) is 25.5 Å². The molecule has 1 aromatic heterocycles. The Hall–Kier alpha value is -1.90. The van der Waals surface area contributed by atoms with E-state index in [0.29, 0.717) is 11.2 Å². The first kappa shape index (κ1) is 22.6. The summed E-state index contributed by atoms with van der Waals surface area (Å²) in [4.78, 5) is 14.9. The number of amides is 1. The smallest absolute Gasteiger partial charge is 0.234 e. The molecular weight excluding hydrogens is 446 g/mol. The number of anilines is 1. The molecule has 0 radical (unpaired) electrons. The highest BCUT2D eigenvalue weighted by atomic mass is 32.2. The second-order valence-electron chi connectivity index (χ2n) is 11.0. The summed E-state index contributed by atoms with van der Waals surface area (Å²) in [7, 11) is 1.97. The maximum absolute atomic E-state index is 12.6. The number of hydrogen-bond donors (Lipinski definition) is 1. The Morgan fingerprint density at radius 1 is 1.06 bits per heavy atom. The summed E-state index contributed by atoms with van der Waals surface area (Å²) in [5.41, 5.74) is 2.77. The normalized spacial score (nSPS) is 30.6. The minimum absolute atomic E-state index is 0.00900. The minimum atomic E-state index is -0.00900. The van der Waals surface area contributed by atoms with E-state index in [2.05, 4.69) is 44.7 Å². The molecule has 0 spiro atoms. The average Bonchev–Trinajstić information content (AvgIpc) is 3.17. The molecule has 182 valence electrons. The van der Waals surface area contributed by atoms with Crippen LogP contribution >= 0.6 is 11.8 Å². The van der Waals surface area contributed by atoms with Crippen molar-refractivity contribution in [1.29, 1.82) is 0 Å². The van der Waals surface area contributed by atoms with Crippen molar-refractivity contribution < 1.29 is 9.53 Å². The molecule has 0 atom stereocenters. The van der Waals surface area contributed by atoms with Gasteiger partial charge in [0, 0.05) is 25.8 Å². The van der Waals surface area contributed by atoms with Gasteiger partial charge in [-0.15, -0.1) is 10.2 Å². The topological polar surface area (TPSA) is 72.3 Å². The molecule has 4 saturated carbocycles. The SMILES string of the molecule is Cn1c(CN2CCOCC2)nnc1SCC(=O)Nc1ccc(C23CC4CC(CC(C4)C2)C3)cc1. The van der Waals surface area contributed by atoms with E-state index in [9.17, 15) is 4.79 Å². The Labute approximate surface area is 206 Å². The van der Waals surface area contributed by atoms with Crippen LogP contribution in [0.3, 0.4) is 0 Å². The van der Waals surface area contributed by atoms with Crippen molar-refractivity contribution in [2.24, 2.45) is 24.8 Å². The largest absolute Gasteiger partial charge is 0.379 e. The molecule has 1 saturated heterocycles. The lowest BCUT2D eigenvalue weighted by Crippen LogP contribution is -2.48. The van der Waals surface area contributed by atoms with Crippen LogP contribution in [0.4, 0.5) is 5.69 Å². The van der Waals surface area contributed by atoms with E-state index in [1.54, 1.807) is 0 Å². The van der Waals surface area contributed by atoms with Crippen molar-refractivity contribution in [2.45, 2.75) is 55.6 Å². The van der Waals surface area contributed by atoms with E-state index < -0.39 is 0 Å². The fourth-order valence-electron chi connectivity index (χ4n) is 7.27. The van der Waals surface area contributed by atoms with Crippen molar-refractivity contribution in [3.05, 3.63) is 35.7 Å². The van der Waals surface area contributed by atoms with Gasteiger partial charge in [0.1, 0.15) is 5.82 Å². The number of nitrogens with zero attached hydrogens (tertiary/aromatic N) is 4. The molecule has 5 aliphatic rings. The molecule has 34 heavy (non-hydrogen) atoms. The standard InChI is InChI=1S/C26H35N5O2S/c1-30-23(16-31-6-8-33-9-7-31)28-29-25(30)34-17-24(32)27-22-4-2-21(3-5-22)26-13-18-10-19(14-26)12-20(11-18)15-26/h2-5,18-20H,6-17H2,1H3,(H,27,32). The molecule has 4 bridgehead atoms. The molecule has 1 aromatic carbocycles.